The first-order valence-electron chi connectivity index (χ1n) is 6.95. The lowest BCUT2D eigenvalue weighted by atomic mass is 10.2. The van der Waals surface area contributed by atoms with Crippen LogP contribution in [0.3, 0.4) is 0 Å². The van der Waals surface area contributed by atoms with E-state index in [1.807, 2.05) is 13.8 Å². The monoisotopic (exact) mass is 292 g/mol. The van der Waals surface area contributed by atoms with Crippen molar-refractivity contribution in [2.75, 3.05) is 18.4 Å². The second-order valence-electron chi connectivity index (χ2n) is 4.60. The quantitative estimate of drug-likeness (QED) is 0.803. The van der Waals surface area contributed by atoms with Crippen LogP contribution in [-0.4, -0.2) is 29.0 Å². The Labute approximate surface area is 122 Å². The maximum atomic E-state index is 12.2. The fraction of sp³-hybridized carbons (Fsp3) is 0.500. The molecule has 0 fully saturated rings. The maximum absolute atomic E-state index is 12.2. The molecule has 108 valence electrons. The molecular formula is C14H20N4OS. The summed E-state index contributed by atoms with van der Waals surface area (Å²) in [6.45, 7) is 7.59. The molecule has 0 radical (unpaired) electrons. The van der Waals surface area contributed by atoms with E-state index in [-0.39, 0.29) is 5.91 Å². The third kappa shape index (κ3) is 2.90. The highest BCUT2D eigenvalue weighted by atomic mass is 32.1. The number of nitrogens with zero attached hydrogens (tertiary/aromatic N) is 2. The lowest BCUT2D eigenvalue weighted by Gasteiger charge is -2.05. The molecule has 0 bridgehead atoms. The highest BCUT2D eigenvalue weighted by molar-refractivity contribution is 7.20. The van der Waals surface area contributed by atoms with Gasteiger partial charge in [0.25, 0.3) is 5.91 Å². The topological polar surface area (TPSA) is 66.9 Å². The van der Waals surface area contributed by atoms with Crippen LogP contribution in [0.15, 0.2) is 6.33 Å². The fourth-order valence-electron chi connectivity index (χ4n) is 2.05. The lowest BCUT2D eigenvalue weighted by Crippen LogP contribution is -2.23. The maximum Gasteiger partial charge on any atom is 0.261 e. The molecule has 1 amide bonds. The number of nitrogens with one attached hydrogen (secondary N) is 2. The Hall–Kier alpha value is -1.69. The highest BCUT2D eigenvalue weighted by Gasteiger charge is 2.18. The first kappa shape index (κ1) is 14.7. The average molecular weight is 292 g/mol. The number of aromatic nitrogens is 2. The minimum atomic E-state index is -0.0126. The van der Waals surface area contributed by atoms with Crippen molar-refractivity contribution in [1.29, 1.82) is 0 Å². The Morgan fingerprint density at radius 1 is 1.35 bits per heavy atom. The van der Waals surface area contributed by atoms with Crippen molar-refractivity contribution < 1.29 is 4.79 Å². The normalized spacial score (nSPS) is 10.8. The van der Waals surface area contributed by atoms with Crippen LogP contribution in [0.4, 0.5) is 5.82 Å². The SMILES string of the molecule is CCCCNC(=O)c1sc2ncnc(NCC)c2c1C. The standard InChI is InChI=1S/C14H20N4OS/c1-4-6-7-16-13(19)11-9(3)10-12(15-5-2)17-8-18-14(10)20-11/h8H,4-7H2,1-3H3,(H,16,19)(H,15,17,18). The Kier molecular flexibility index (Phi) is 4.89. The minimum absolute atomic E-state index is 0.0126. The first-order chi connectivity index (χ1) is 9.69. The summed E-state index contributed by atoms with van der Waals surface area (Å²) in [5, 5.41) is 7.13. The van der Waals surface area contributed by atoms with Crippen LogP contribution in [0.2, 0.25) is 0 Å². The van der Waals surface area contributed by atoms with Gasteiger partial charge in [0.2, 0.25) is 0 Å². The lowest BCUT2D eigenvalue weighted by molar-refractivity contribution is 0.0957. The van der Waals surface area contributed by atoms with Gasteiger partial charge < -0.3 is 10.6 Å². The third-order valence-corrected chi connectivity index (χ3v) is 4.29. The van der Waals surface area contributed by atoms with E-state index >= 15 is 0 Å². The molecule has 0 atom stereocenters. The van der Waals surface area contributed by atoms with Gasteiger partial charge in [-0.1, -0.05) is 13.3 Å². The Morgan fingerprint density at radius 3 is 2.85 bits per heavy atom. The molecule has 0 saturated heterocycles. The van der Waals surface area contributed by atoms with Gasteiger partial charge in [-0.2, -0.15) is 0 Å². The molecule has 2 aromatic heterocycles. The third-order valence-electron chi connectivity index (χ3n) is 3.09. The van der Waals surface area contributed by atoms with Crippen LogP contribution in [0.1, 0.15) is 41.9 Å². The Morgan fingerprint density at radius 2 is 2.15 bits per heavy atom. The van der Waals surface area contributed by atoms with Crippen LogP contribution < -0.4 is 10.6 Å². The molecule has 0 spiro atoms. The van der Waals surface area contributed by atoms with Gasteiger partial charge in [-0.3, -0.25) is 4.79 Å². The largest absolute Gasteiger partial charge is 0.370 e. The van der Waals surface area contributed by atoms with E-state index < -0.39 is 0 Å². The van der Waals surface area contributed by atoms with Crippen LogP contribution in [0.5, 0.6) is 0 Å². The van der Waals surface area contributed by atoms with Gasteiger partial charge in [0.15, 0.2) is 0 Å². The number of fused-ring (bicyclic) bond motifs is 1. The van der Waals surface area contributed by atoms with Gasteiger partial charge in [-0.15, -0.1) is 11.3 Å². The van der Waals surface area contributed by atoms with Gasteiger partial charge in [-0.25, -0.2) is 9.97 Å². The fourth-order valence-corrected chi connectivity index (χ4v) is 3.11. The smallest absolute Gasteiger partial charge is 0.261 e. The van der Waals surface area contributed by atoms with Gasteiger partial charge in [0.05, 0.1) is 10.3 Å². The molecule has 2 heterocycles. The number of aryl methyl sites for hydroxylation is 1. The van der Waals surface area contributed by atoms with E-state index in [2.05, 4.69) is 27.5 Å². The molecule has 2 N–H and O–H groups in total. The Bertz CT molecular complexity index is 608. The molecule has 0 saturated carbocycles. The van der Waals surface area contributed by atoms with Crippen molar-refractivity contribution in [3.8, 4) is 0 Å². The summed E-state index contributed by atoms with van der Waals surface area (Å²) in [7, 11) is 0. The van der Waals surface area contributed by atoms with E-state index in [0.29, 0.717) is 0 Å². The molecule has 6 heteroatoms. The zero-order valence-electron chi connectivity index (χ0n) is 12.1. The molecule has 0 unspecified atom stereocenters. The van der Waals surface area contributed by atoms with E-state index in [1.54, 1.807) is 0 Å². The number of hydrogen-bond acceptors (Lipinski definition) is 5. The van der Waals surface area contributed by atoms with E-state index in [0.717, 1.165) is 52.4 Å². The van der Waals surface area contributed by atoms with E-state index in [1.165, 1.54) is 17.7 Å². The first-order valence-corrected chi connectivity index (χ1v) is 7.76. The molecule has 5 nitrogen and oxygen atoms in total. The van der Waals surface area contributed by atoms with Crippen LogP contribution in [0.25, 0.3) is 10.2 Å². The Balaban J connectivity index is 2.33. The number of unbranched alkanes of at least 4 members (excludes halogenated alkanes) is 1. The second kappa shape index (κ2) is 6.65. The van der Waals surface area contributed by atoms with E-state index in [9.17, 15) is 4.79 Å². The summed E-state index contributed by atoms with van der Waals surface area (Å²) >= 11 is 1.43. The van der Waals surface area contributed by atoms with Crippen LogP contribution in [-0.2, 0) is 0 Å². The molecule has 0 aliphatic heterocycles. The van der Waals surface area contributed by atoms with Gasteiger partial charge in [0, 0.05) is 13.1 Å². The number of carbonyl (C=O) groups excluding carboxylic acids is 1. The summed E-state index contributed by atoms with van der Waals surface area (Å²) in [5.41, 5.74) is 0.954. The summed E-state index contributed by atoms with van der Waals surface area (Å²) in [4.78, 5) is 22.3. The number of carbonyl (C=O) groups is 1. The van der Waals surface area contributed by atoms with Crippen molar-refractivity contribution in [2.24, 2.45) is 0 Å². The summed E-state index contributed by atoms with van der Waals surface area (Å²) < 4.78 is 0. The molecular weight excluding hydrogens is 272 g/mol. The van der Waals surface area contributed by atoms with Gasteiger partial charge in [0.1, 0.15) is 17.0 Å². The molecule has 0 aromatic carbocycles. The number of rotatable bonds is 6. The number of anilines is 1. The molecule has 2 rings (SSSR count). The van der Waals surface area contributed by atoms with Crippen LogP contribution in [0, 0.1) is 6.92 Å². The van der Waals surface area contributed by atoms with E-state index in [4.69, 9.17) is 0 Å². The number of thiophene rings is 1. The highest BCUT2D eigenvalue weighted by Crippen LogP contribution is 2.33. The zero-order chi connectivity index (χ0) is 14.5. The van der Waals surface area contributed by atoms with Crippen molar-refractivity contribution in [3.63, 3.8) is 0 Å². The van der Waals surface area contributed by atoms with Crippen molar-refractivity contribution in [1.82, 2.24) is 15.3 Å². The van der Waals surface area contributed by atoms with Crippen molar-refractivity contribution in [3.05, 3.63) is 16.8 Å². The molecule has 2 aromatic rings. The second-order valence-corrected chi connectivity index (χ2v) is 5.60. The average Bonchev–Trinajstić information content (AvgIpc) is 2.78. The number of amides is 1. The van der Waals surface area contributed by atoms with Gasteiger partial charge >= 0.3 is 0 Å². The number of hydrogen-bond donors (Lipinski definition) is 2. The van der Waals surface area contributed by atoms with Crippen molar-refractivity contribution in [2.45, 2.75) is 33.6 Å². The van der Waals surface area contributed by atoms with Crippen LogP contribution >= 0.6 is 11.3 Å². The molecule has 0 aliphatic rings. The zero-order valence-corrected chi connectivity index (χ0v) is 12.9. The van der Waals surface area contributed by atoms with Crippen molar-refractivity contribution >= 4 is 33.3 Å². The minimum Gasteiger partial charge on any atom is -0.370 e. The summed E-state index contributed by atoms with van der Waals surface area (Å²) in [6.07, 6.45) is 3.61. The van der Waals surface area contributed by atoms with Gasteiger partial charge in [-0.05, 0) is 25.8 Å². The summed E-state index contributed by atoms with van der Waals surface area (Å²) in [5.74, 6) is 0.792. The predicted octanol–water partition coefficient (Wildman–Crippen LogP) is 2.96. The molecule has 20 heavy (non-hydrogen) atoms. The summed E-state index contributed by atoms with van der Waals surface area (Å²) in [6, 6.07) is 0. The molecule has 0 aliphatic carbocycles. The predicted molar refractivity (Wildman–Crippen MR) is 83.6 cm³/mol.